The van der Waals surface area contributed by atoms with Gasteiger partial charge in [0.05, 0.1) is 17.5 Å². The average Bonchev–Trinajstić information content (AvgIpc) is 3.08. The number of fused-ring (bicyclic) bond motifs is 3. The predicted octanol–water partition coefficient (Wildman–Crippen LogP) is 4.30. The molecule has 1 aliphatic carbocycles. The molecule has 9 heteroatoms. The summed E-state index contributed by atoms with van der Waals surface area (Å²) in [4.78, 5) is 27.5. The monoisotopic (exact) mass is 460 g/mol. The van der Waals surface area contributed by atoms with E-state index in [2.05, 4.69) is 36.4 Å². The number of aromatic nitrogens is 3. The van der Waals surface area contributed by atoms with Crippen LogP contribution in [0.25, 0.3) is 10.2 Å². The van der Waals surface area contributed by atoms with E-state index in [0.29, 0.717) is 32.6 Å². The summed E-state index contributed by atoms with van der Waals surface area (Å²) in [5, 5.41) is 12.0. The molecule has 31 heavy (non-hydrogen) atoms. The number of nitrogens with zero attached hydrogens (tertiary/aromatic N) is 3. The molecule has 4 rings (SSSR count). The van der Waals surface area contributed by atoms with Crippen LogP contribution in [0.1, 0.15) is 37.6 Å². The smallest absolute Gasteiger partial charge is 0.279 e. The van der Waals surface area contributed by atoms with Crippen molar-refractivity contribution in [2.24, 2.45) is 11.3 Å². The van der Waals surface area contributed by atoms with Gasteiger partial charge in [0, 0.05) is 10.6 Å². The van der Waals surface area contributed by atoms with E-state index in [1.165, 1.54) is 12.0 Å². The predicted molar refractivity (Wildman–Crippen MR) is 123 cm³/mol. The zero-order valence-electron chi connectivity index (χ0n) is 18.0. The molecule has 2 heterocycles. The third kappa shape index (κ3) is 4.32. The summed E-state index contributed by atoms with van der Waals surface area (Å²) in [5.41, 5.74) is 1.55. The van der Waals surface area contributed by atoms with Crippen LogP contribution in [0.2, 0.25) is 5.02 Å². The van der Waals surface area contributed by atoms with Crippen LogP contribution < -0.4 is 15.6 Å². The van der Waals surface area contributed by atoms with E-state index in [1.54, 1.807) is 29.5 Å². The molecule has 0 fully saturated rings. The standard InChI is InChI=1S/C22H25ClN4O3S/c1-22(2,3)12-5-7-14-17(9-12)31-20-19(14)21(29)27(26-25-20)11-18(28)24-13-6-8-16(30-4)15(23)10-13/h6,8,10,12H,5,7,9,11H2,1-4H3,(H,24,28)/t12-/m0/s1. The maximum Gasteiger partial charge on any atom is 0.279 e. The number of ether oxygens (including phenoxy) is 1. The Hall–Kier alpha value is -2.45. The molecule has 1 aliphatic rings. The molecular weight excluding hydrogens is 436 g/mol. The van der Waals surface area contributed by atoms with Crippen LogP contribution in [-0.4, -0.2) is 28.0 Å². The Kier molecular flexibility index (Phi) is 5.79. The number of rotatable bonds is 4. The number of anilines is 1. The summed E-state index contributed by atoms with van der Waals surface area (Å²) in [7, 11) is 1.52. The second-order valence-corrected chi connectivity index (χ2v) is 10.4. The molecule has 0 radical (unpaired) electrons. The van der Waals surface area contributed by atoms with E-state index < -0.39 is 0 Å². The Labute approximate surface area is 189 Å². The highest BCUT2D eigenvalue weighted by molar-refractivity contribution is 7.18. The minimum Gasteiger partial charge on any atom is -0.495 e. The lowest BCUT2D eigenvalue weighted by molar-refractivity contribution is -0.117. The van der Waals surface area contributed by atoms with Crippen molar-refractivity contribution >= 4 is 44.7 Å². The fraction of sp³-hybridized carbons (Fsp3) is 0.455. The molecule has 0 spiro atoms. The summed E-state index contributed by atoms with van der Waals surface area (Å²) in [6, 6.07) is 4.94. The van der Waals surface area contributed by atoms with Crippen LogP contribution >= 0.6 is 22.9 Å². The first-order valence-electron chi connectivity index (χ1n) is 10.2. The summed E-state index contributed by atoms with van der Waals surface area (Å²) >= 11 is 7.66. The Morgan fingerprint density at radius 2 is 2.16 bits per heavy atom. The van der Waals surface area contributed by atoms with Gasteiger partial charge in [0.2, 0.25) is 5.91 Å². The molecule has 0 bridgehead atoms. The number of halogens is 1. The van der Waals surface area contributed by atoms with Crippen LogP contribution in [0.4, 0.5) is 5.69 Å². The van der Waals surface area contributed by atoms with E-state index in [9.17, 15) is 9.59 Å². The number of aryl methyl sites for hydroxylation is 1. The first kappa shape index (κ1) is 21.8. The molecule has 1 N–H and O–H groups in total. The molecule has 0 saturated carbocycles. The van der Waals surface area contributed by atoms with Crippen molar-refractivity contribution in [3.8, 4) is 5.75 Å². The van der Waals surface area contributed by atoms with Crippen LogP contribution in [0.5, 0.6) is 5.75 Å². The molecule has 1 aromatic carbocycles. The van der Waals surface area contributed by atoms with Crippen molar-refractivity contribution < 1.29 is 9.53 Å². The van der Waals surface area contributed by atoms with E-state index in [-0.39, 0.29) is 23.4 Å². The number of hydrogen-bond acceptors (Lipinski definition) is 6. The van der Waals surface area contributed by atoms with Gasteiger partial charge in [-0.3, -0.25) is 9.59 Å². The Morgan fingerprint density at radius 3 is 2.84 bits per heavy atom. The number of thiophene rings is 1. The molecule has 2 aromatic heterocycles. The fourth-order valence-electron chi connectivity index (χ4n) is 4.05. The molecule has 1 amide bonds. The molecule has 0 unspecified atom stereocenters. The van der Waals surface area contributed by atoms with Crippen molar-refractivity contribution in [2.45, 2.75) is 46.6 Å². The second-order valence-electron chi connectivity index (χ2n) is 8.94. The number of methoxy groups -OCH3 is 1. The van der Waals surface area contributed by atoms with Crippen molar-refractivity contribution in [1.29, 1.82) is 0 Å². The number of amides is 1. The maximum absolute atomic E-state index is 13.1. The molecular formula is C22H25ClN4O3S. The zero-order chi connectivity index (χ0) is 22.3. The number of nitrogens with one attached hydrogen (secondary N) is 1. The molecule has 164 valence electrons. The van der Waals surface area contributed by atoms with Gasteiger partial charge in [-0.2, -0.15) is 0 Å². The lowest BCUT2D eigenvalue weighted by atomic mass is 9.72. The molecule has 3 aromatic rings. The first-order valence-corrected chi connectivity index (χ1v) is 11.4. The van der Waals surface area contributed by atoms with Crippen molar-refractivity contribution in [1.82, 2.24) is 15.0 Å². The lowest BCUT2D eigenvalue weighted by Crippen LogP contribution is -2.31. The molecule has 0 aliphatic heterocycles. The molecule has 0 saturated heterocycles. The highest BCUT2D eigenvalue weighted by atomic mass is 35.5. The van der Waals surface area contributed by atoms with E-state index >= 15 is 0 Å². The summed E-state index contributed by atoms with van der Waals surface area (Å²) in [6.07, 6.45) is 2.86. The van der Waals surface area contributed by atoms with E-state index in [0.717, 1.165) is 29.5 Å². The minimum atomic E-state index is -0.381. The van der Waals surface area contributed by atoms with Crippen molar-refractivity contribution in [2.75, 3.05) is 12.4 Å². The number of carbonyl (C=O) groups excluding carboxylic acids is 1. The van der Waals surface area contributed by atoms with Gasteiger partial charge >= 0.3 is 0 Å². The quantitative estimate of drug-likeness (QED) is 0.627. The van der Waals surface area contributed by atoms with Gasteiger partial charge in [-0.15, -0.1) is 16.4 Å². The topological polar surface area (TPSA) is 86.1 Å². The number of benzene rings is 1. The largest absolute Gasteiger partial charge is 0.495 e. The van der Waals surface area contributed by atoms with Gasteiger partial charge in [0.15, 0.2) is 4.83 Å². The third-order valence-electron chi connectivity index (χ3n) is 5.89. The highest BCUT2D eigenvalue weighted by Crippen LogP contribution is 2.41. The van der Waals surface area contributed by atoms with Crippen LogP contribution in [0, 0.1) is 11.3 Å². The fourth-order valence-corrected chi connectivity index (χ4v) is 5.54. The van der Waals surface area contributed by atoms with Crippen LogP contribution in [0.15, 0.2) is 23.0 Å². The first-order chi connectivity index (χ1) is 14.7. The Balaban J connectivity index is 1.57. The molecule has 7 nitrogen and oxygen atoms in total. The van der Waals surface area contributed by atoms with Crippen molar-refractivity contribution in [3.63, 3.8) is 0 Å². The zero-order valence-corrected chi connectivity index (χ0v) is 19.6. The van der Waals surface area contributed by atoms with Gasteiger partial charge in [0.1, 0.15) is 12.3 Å². The highest BCUT2D eigenvalue weighted by Gasteiger charge is 2.32. The van der Waals surface area contributed by atoms with E-state index in [4.69, 9.17) is 16.3 Å². The Morgan fingerprint density at radius 1 is 1.39 bits per heavy atom. The van der Waals surface area contributed by atoms with Crippen LogP contribution in [-0.2, 0) is 24.2 Å². The molecule has 1 atom stereocenters. The van der Waals surface area contributed by atoms with Gasteiger partial charge in [-0.1, -0.05) is 37.6 Å². The number of hydrogen-bond donors (Lipinski definition) is 1. The number of carbonyl (C=O) groups is 1. The van der Waals surface area contributed by atoms with Gasteiger partial charge in [0.25, 0.3) is 5.56 Å². The van der Waals surface area contributed by atoms with Gasteiger partial charge in [-0.05, 0) is 54.4 Å². The third-order valence-corrected chi connectivity index (χ3v) is 7.33. The normalized spacial score (nSPS) is 16.2. The minimum absolute atomic E-state index is 0.222. The Bertz CT molecular complexity index is 1210. The summed E-state index contributed by atoms with van der Waals surface area (Å²) < 4.78 is 6.24. The summed E-state index contributed by atoms with van der Waals surface area (Å²) in [6.45, 7) is 6.56. The van der Waals surface area contributed by atoms with E-state index in [1.807, 2.05) is 0 Å². The average molecular weight is 461 g/mol. The van der Waals surface area contributed by atoms with Crippen LogP contribution in [0.3, 0.4) is 0 Å². The SMILES string of the molecule is COc1ccc(NC(=O)Cn2nnc3sc4c(c3c2=O)CC[C@H](C(C)(C)C)C4)cc1Cl. The lowest BCUT2D eigenvalue weighted by Gasteiger charge is -2.33. The van der Waals surface area contributed by atoms with Gasteiger partial charge in [-0.25, -0.2) is 4.68 Å². The maximum atomic E-state index is 13.1. The van der Waals surface area contributed by atoms with Crippen molar-refractivity contribution in [3.05, 3.63) is 44.0 Å². The summed E-state index contributed by atoms with van der Waals surface area (Å²) in [5.74, 6) is 0.711. The van der Waals surface area contributed by atoms with Gasteiger partial charge < -0.3 is 10.1 Å². The second kappa shape index (κ2) is 8.24.